The van der Waals surface area contributed by atoms with Gasteiger partial charge in [-0.2, -0.15) is 0 Å². The number of carbonyl (C=O) groups is 1. The van der Waals surface area contributed by atoms with Crippen LogP contribution >= 0.6 is 0 Å². The van der Waals surface area contributed by atoms with Crippen LogP contribution in [0.1, 0.15) is 37.0 Å². The van der Waals surface area contributed by atoms with Crippen LogP contribution in [0.4, 0.5) is 4.39 Å². The number of rotatable bonds is 7. The summed E-state index contributed by atoms with van der Waals surface area (Å²) in [5.74, 6) is -0.535. The fraction of sp³-hybridized carbons (Fsp3) is 0.533. The highest BCUT2D eigenvalue weighted by Gasteiger charge is 2.22. The van der Waals surface area contributed by atoms with Gasteiger partial charge in [-0.05, 0) is 31.0 Å². The molecule has 1 aromatic rings. The fourth-order valence-electron chi connectivity index (χ4n) is 2.28. The smallest absolute Gasteiger partial charge is 0.254 e. The average Bonchev–Trinajstić information content (AvgIpc) is 2.47. The minimum absolute atomic E-state index is 0.0769. The summed E-state index contributed by atoms with van der Waals surface area (Å²) in [4.78, 5) is 14.3. The SMILES string of the molecule is CCC(CC)N(CCN)C(=O)c1ccc(F)c(OC)c1. The van der Waals surface area contributed by atoms with E-state index in [9.17, 15) is 9.18 Å². The average molecular weight is 282 g/mol. The molecular formula is C15H23FN2O2. The minimum atomic E-state index is -0.475. The van der Waals surface area contributed by atoms with Crippen LogP contribution < -0.4 is 10.5 Å². The van der Waals surface area contributed by atoms with E-state index in [0.29, 0.717) is 18.7 Å². The highest BCUT2D eigenvalue weighted by atomic mass is 19.1. The van der Waals surface area contributed by atoms with Crippen molar-refractivity contribution >= 4 is 5.91 Å². The second-order valence-electron chi connectivity index (χ2n) is 4.61. The van der Waals surface area contributed by atoms with Crippen molar-refractivity contribution in [2.45, 2.75) is 32.7 Å². The molecule has 0 fully saturated rings. The third-order valence-electron chi connectivity index (χ3n) is 3.41. The van der Waals surface area contributed by atoms with Crippen LogP contribution in [0.15, 0.2) is 18.2 Å². The van der Waals surface area contributed by atoms with Gasteiger partial charge >= 0.3 is 0 Å². The Morgan fingerprint density at radius 1 is 1.40 bits per heavy atom. The van der Waals surface area contributed by atoms with Crippen molar-refractivity contribution < 1.29 is 13.9 Å². The van der Waals surface area contributed by atoms with Gasteiger partial charge in [0.25, 0.3) is 5.91 Å². The van der Waals surface area contributed by atoms with Crippen molar-refractivity contribution in [2.24, 2.45) is 5.73 Å². The van der Waals surface area contributed by atoms with Gasteiger partial charge in [-0.15, -0.1) is 0 Å². The Morgan fingerprint density at radius 2 is 2.05 bits per heavy atom. The molecule has 0 saturated heterocycles. The monoisotopic (exact) mass is 282 g/mol. The molecule has 5 heteroatoms. The molecule has 20 heavy (non-hydrogen) atoms. The van der Waals surface area contributed by atoms with E-state index in [-0.39, 0.29) is 17.7 Å². The Kier molecular flexibility index (Phi) is 6.45. The molecule has 1 rings (SSSR count). The Balaban J connectivity index is 3.05. The second-order valence-corrected chi connectivity index (χ2v) is 4.61. The molecule has 0 aliphatic heterocycles. The van der Waals surface area contributed by atoms with Crippen LogP contribution in [0.2, 0.25) is 0 Å². The van der Waals surface area contributed by atoms with Gasteiger partial charge in [-0.1, -0.05) is 13.8 Å². The summed E-state index contributed by atoms with van der Waals surface area (Å²) in [7, 11) is 1.38. The van der Waals surface area contributed by atoms with Crippen molar-refractivity contribution in [3.8, 4) is 5.75 Å². The van der Waals surface area contributed by atoms with Gasteiger partial charge in [-0.3, -0.25) is 4.79 Å². The zero-order valence-electron chi connectivity index (χ0n) is 12.4. The molecule has 2 N–H and O–H groups in total. The highest BCUT2D eigenvalue weighted by Crippen LogP contribution is 2.21. The number of ether oxygens (including phenoxy) is 1. The number of nitrogens with zero attached hydrogens (tertiary/aromatic N) is 1. The van der Waals surface area contributed by atoms with Crippen molar-refractivity contribution in [1.29, 1.82) is 0 Å². The Hall–Kier alpha value is -1.62. The number of nitrogens with two attached hydrogens (primary N) is 1. The predicted molar refractivity (Wildman–Crippen MR) is 77.4 cm³/mol. The zero-order valence-corrected chi connectivity index (χ0v) is 12.4. The lowest BCUT2D eigenvalue weighted by atomic mass is 10.1. The molecule has 0 spiro atoms. The van der Waals surface area contributed by atoms with E-state index in [4.69, 9.17) is 10.5 Å². The number of hydrogen-bond acceptors (Lipinski definition) is 3. The van der Waals surface area contributed by atoms with Gasteiger partial charge in [-0.25, -0.2) is 4.39 Å². The summed E-state index contributed by atoms with van der Waals surface area (Å²) in [5.41, 5.74) is 6.01. The molecular weight excluding hydrogens is 259 g/mol. The third kappa shape index (κ3) is 3.70. The van der Waals surface area contributed by atoms with Crippen LogP contribution in [0, 0.1) is 5.82 Å². The minimum Gasteiger partial charge on any atom is -0.494 e. The Bertz CT molecular complexity index is 447. The molecule has 0 heterocycles. The lowest BCUT2D eigenvalue weighted by Gasteiger charge is -2.30. The van der Waals surface area contributed by atoms with E-state index in [2.05, 4.69) is 0 Å². The first kappa shape index (κ1) is 16.4. The molecule has 4 nitrogen and oxygen atoms in total. The topological polar surface area (TPSA) is 55.6 Å². The standard InChI is InChI=1S/C15H23FN2O2/c1-4-12(5-2)18(9-8-17)15(19)11-6-7-13(16)14(10-11)20-3/h6-7,10,12H,4-5,8-9,17H2,1-3H3. The molecule has 0 aliphatic rings. The maximum atomic E-state index is 13.4. The first-order chi connectivity index (χ1) is 9.58. The van der Waals surface area contributed by atoms with Gasteiger partial charge in [0.2, 0.25) is 0 Å². The van der Waals surface area contributed by atoms with Crippen LogP contribution in [-0.4, -0.2) is 37.0 Å². The van der Waals surface area contributed by atoms with Gasteiger partial charge in [0.15, 0.2) is 11.6 Å². The van der Waals surface area contributed by atoms with Crippen LogP contribution in [-0.2, 0) is 0 Å². The normalized spacial score (nSPS) is 10.7. The van der Waals surface area contributed by atoms with E-state index in [1.807, 2.05) is 13.8 Å². The van der Waals surface area contributed by atoms with Crippen molar-refractivity contribution in [1.82, 2.24) is 4.90 Å². The fourth-order valence-corrected chi connectivity index (χ4v) is 2.28. The summed E-state index contributed by atoms with van der Waals surface area (Å²) in [6.45, 7) is 4.97. The molecule has 1 aromatic carbocycles. The van der Waals surface area contributed by atoms with E-state index in [0.717, 1.165) is 12.8 Å². The van der Waals surface area contributed by atoms with Crippen molar-refractivity contribution in [3.63, 3.8) is 0 Å². The Morgan fingerprint density at radius 3 is 2.55 bits per heavy atom. The zero-order chi connectivity index (χ0) is 15.1. The molecule has 0 radical (unpaired) electrons. The van der Waals surface area contributed by atoms with Crippen LogP contribution in [0.5, 0.6) is 5.75 Å². The summed E-state index contributed by atoms with van der Waals surface area (Å²) in [5, 5.41) is 0. The molecule has 0 bridgehead atoms. The first-order valence-corrected chi connectivity index (χ1v) is 6.93. The molecule has 112 valence electrons. The van der Waals surface area contributed by atoms with Gasteiger partial charge in [0, 0.05) is 24.7 Å². The number of amides is 1. The van der Waals surface area contributed by atoms with Gasteiger partial charge in [0.1, 0.15) is 0 Å². The van der Waals surface area contributed by atoms with E-state index < -0.39 is 5.82 Å². The van der Waals surface area contributed by atoms with Gasteiger partial charge in [0.05, 0.1) is 7.11 Å². The number of halogens is 1. The number of carbonyl (C=O) groups excluding carboxylic acids is 1. The first-order valence-electron chi connectivity index (χ1n) is 6.93. The predicted octanol–water partition coefficient (Wildman–Crippen LogP) is 2.42. The maximum absolute atomic E-state index is 13.4. The molecule has 0 unspecified atom stereocenters. The molecule has 0 saturated carbocycles. The van der Waals surface area contributed by atoms with E-state index >= 15 is 0 Å². The van der Waals surface area contributed by atoms with Gasteiger partial charge < -0.3 is 15.4 Å². The number of benzene rings is 1. The Labute approximate surface area is 119 Å². The quantitative estimate of drug-likeness (QED) is 0.835. The maximum Gasteiger partial charge on any atom is 0.254 e. The number of methoxy groups -OCH3 is 1. The third-order valence-corrected chi connectivity index (χ3v) is 3.41. The van der Waals surface area contributed by atoms with Crippen molar-refractivity contribution in [3.05, 3.63) is 29.6 Å². The van der Waals surface area contributed by atoms with Crippen molar-refractivity contribution in [2.75, 3.05) is 20.2 Å². The highest BCUT2D eigenvalue weighted by molar-refractivity contribution is 5.94. The van der Waals surface area contributed by atoms with Crippen LogP contribution in [0.25, 0.3) is 0 Å². The largest absolute Gasteiger partial charge is 0.494 e. The summed E-state index contributed by atoms with van der Waals surface area (Å²) in [6.07, 6.45) is 1.72. The summed E-state index contributed by atoms with van der Waals surface area (Å²) >= 11 is 0. The second kappa shape index (κ2) is 7.85. The van der Waals surface area contributed by atoms with Crippen LogP contribution in [0.3, 0.4) is 0 Å². The summed E-state index contributed by atoms with van der Waals surface area (Å²) in [6, 6.07) is 4.30. The molecule has 0 aromatic heterocycles. The van der Waals surface area contributed by atoms with E-state index in [1.54, 1.807) is 4.90 Å². The molecule has 0 aliphatic carbocycles. The summed E-state index contributed by atoms with van der Waals surface area (Å²) < 4.78 is 18.3. The lowest BCUT2D eigenvalue weighted by Crippen LogP contribution is -2.42. The molecule has 0 atom stereocenters. The molecule has 1 amide bonds. The lowest BCUT2D eigenvalue weighted by molar-refractivity contribution is 0.0674. The van der Waals surface area contributed by atoms with E-state index in [1.165, 1.54) is 25.3 Å². The number of hydrogen-bond donors (Lipinski definition) is 1.